The molecule has 2 atom stereocenters. The predicted molar refractivity (Wildman–Crippen MR) is 80.1 cm³/mol. The Bertz CT molecular complexity index is 535. The lowest BCUT2D eigenvalue weighted by Gasteiger charge is -2.30. The summed E-state index contributed by atoms with van der Waals surface area (Å²) in [5, 5.41) is 9.52. The molecule has 0 bridgehead atoms. The van der Waals surface area contributed by atoms with Crippen LogP contribution in [-0.2, 0) is 4.79 Å². The van der Waals surface area contributed by atoms with E-state index in [9.17, 15) is 14.7 Å². The number of hydrogen-bond acceptors (Lipinski definition) is 3. The molecule has 1 aliphatic rings. The second-order valence-corrected chi connectivity index (χ2v) is 6.57. The highest BCUT2D eigenvalue weighted by Crippen LogP contribution is 2.36. The highest BCUT2D eigenvalue weighted by Gasteiger charge is 2.43. The van der Waals surface area contributed by atoms with Crippen molar-refractivity contribution in [1.29, 1.82) is 0 Å². The Morgan fingerprint density at radius 2 is 2.05 bits per heavy atom. The Morgan fingerprint density at radius 1 is 1.40 bits per heavy atom. The third kappa shape index (κ3) is 2.79. The van der Waals surface area contributed by atoms with Crippen LogP contribution in [0, 0.1) is 5.92 Å². The number of nitrogens with zero attached hydrogens (tertiary/aromatic N) is 1. The number of amides is 1. The number of thioether (sulfide) groups is 1. The Kier molecular flexibility index (Phi) is 4.60. The van der Waals surface area contributed by atoms with Crippen molar-refractivity contribution in [3.8, 4) is 0 Å². The van der Waals surface area contributed by atoms with Gasteiger partial charge in [-0.05, 0) is 18.1 Å². The Labute approximate surface area is 127 Å². The molecule has 0 saturated carbocycles. The number of aliphatic carboxylic acids is 1. The van der Waals surface area contributed by atoms with E-state index in [1.54, 1.807) is 24.3 Å². The Morgan fingerprint density at radius 3 is 2.60 bits per heavy atom. The molecule has 1 N–H and O–H groups in total. The molecule has 0 aromatic heterocycles. The first kappa shape index (κ1) is 15.2. The highest BCUT2D eigenvalue weighted by atomic mass is 35.5. The van der Waals surface area contributed by atoms with E-state index in [1.165, 1.54) is 16.7 Å². The van der Waals surface area contributed by atoms with Crippen LogP contribution in [-0.4, -0.2) is 39.1 Å². The molecule has 108 valence electrons. The zero-order valence-electron chi connectivity index (χ0n) is 11.2. The fourth-order valence-electron chi connectivity index (χ4n) is 2.26. The largest absolute Gasteiger partial charge is 0.480 e. The molecular formula is C14H16ClNO3S. The van der Waals surface area contributed by atoms with Gasteiger partial charge in [-0.3, -0.25) is 4.79 Å². The normalized spacial score (nSPS) is 22.3. The van der Waals surface area contributed by atoms with Crippen LogP contribution in [0.15, 0.2) is 24.3 Å². The summed E-state index contributed by atoms with van der Waals surface area (Å²) in [6, 6.07) is 5.94. The molecule has 1 heterocycles. The van der Waals surface area contributed by atoms with E-state index in [-0.39, 0.29) is 17.2 Å². The monoisotopic (exact) mass is 313 g/mol. The van der Waals surface area contributed by atoms with E-state index in [0.29, 0.717) is 16.3 Å². The number of rotatable bonds is 3. The van der Waals surface area contributed by atoms with Gasteiger partial charge in [0, 0.05) is 5.75 Å². The molecule has 0 radical (unpaired) electrons. The number of carboxylic acid groups (broad SMARTS) is 1. The summed E-state index contributed by atoms with van der Waals surface area (Å²) in [6.45, 7) is 3.96. The smallest absolute Gasteiger partial charge is 0.327 e. The first-order chi connectivity index (χ1) is 9.43. The van der Waals surface area contributed by atoms with E-state index >= 15 is 0 Å². The van der Waals surface area contributed by atoms with Crippen molar-refractivity contribution in [2.24, 2.45) is 5.92 Å². The molecule has 1 aliphatic heterocycles. The van der Waals surface area contributed by atoms with Crippen molar-refractivity contribution < 1.29 is 14.7 Å². The third-order valence-electron chi connectivity index (χ3n) is 3.23. The van der Waals surface area contributed by atoms with Gasteiger partial charge in [0.15, 0.2) is 0 Å². The van der Waals surface area contributed by atoms with Gasteiger partial charge in [0.05, 0.1) is 16.0 Å². The molecular weight excluding hydrogens is 298 g/mol. The van der Waals surface area contributed by atoms with Crippen LogP contribution < -0.4 is 0 Å². The van der Waals surface area contributed by atoms with Crippen molar-refractivity contribution in [2.75, 3.05) is 5.75 Å². The van der Waals surface area contributed by atoms with Crippen LogP contribution >= 0.6 is 23.4 Å². The topological polar surface area (TPSA) is 57.6 Å². The minimum absolute atomic E-state index is 0.139. The van der Waals surface area contributed by atoms with E-state index in [2.05, 4.69) is 0 Å². The quantitative estimate of drug-likeness (QED) is 0.932. The van der Waals surface area contributed by atoms with E-state index in [0.717, 1.165) is 0 Å². The van der Waals surface area contributed by atoms with Gasteiger partial charge in [-0.1, -0.05) is 37.6 Å². The first-order valence-electron chi connectivity index (χ1n) is 6.35. The summed E-state index contributed by atoms with van der Waals surface area (Å²) in [7, 11) is 0. The van der Waals surface area contributed by atoms with Gasteiger partial charge in [0.25, 0.3) is 5.91 Å². The summed E-state index contributed by atoms with van der Waals surface area (Å²) >= 11 is 7.56. The molecule has 1 fully saturated rings. The molecule has 1 amide bonds. The lowest BCUT2D eigenvalue weighted by atomic mass is 10.1. The summed E-state index contributed by atoms with van der Waals surface area (Å²) in [6.07, 6.45) is 0. The third-order valence-corrected chi connectivity index (χ3v) is 5.18. The maximum atomic E-state index is 12.7. The van der Waals surface area contributed by atoms with Gasteiger partial charge in [0.2, 0.25) is 0 Å². The number of hydrogen-bond donors (Lipinski definition) is 1. The molecule has 6 heteroatoms. The van der Waals surface area contributed by atoms with Gasteiger partial charge in [0.1, 0.15) is 6.04 Å². The highest BCUT2D eigenvalue weighted by molar-refractivity contribution is 8.00. The number of halogens is 1. The summed E-state index contributed by atoms with van der Waals surface area (Å²) in [4.78, 5) is 25.5. The number of carbonyl (C=O) groups is 2. The number of carbonyl (C=O) groups excluding carboxylic acids is 1. The maximum Gasteiger partial charge on any atom is 0.327 e. The summed E-state index contributed by atoms with van der Waals surface area (Å²) in [5.74, 6) is -0.697. The van der Waals surface area contributed by atoms with E-state index in [1.807, 2.05) is 13.8 Å². The van der Waals surface area contributed by atoms with Crippen molar-refractivity contribution >= 4 is 35.2 Å². The zero-order chi connectivity index (χ0) is 14.9. The van der Waals surface area contributed by atoms with Crippen LogP contribution in [0.25, 0.3) is 0 Å². The molecule has 1 aromatic carbocycles. The van der Waals surface area contributed by atoms with Gasteiger partial charge >= 0.3 is 5.97 Å². The van der Waals surface area contributed by atoms with Crippen LogP contribution in [0.1, 0.15) is 24.2 Å². The van der Waals surface area contributed by atoms with Crippen molar-refractivity contribution in [1.82, 2.24) is 4.90 Å². The predicted octanol–water partition coefficient (Wildman–Crippen LogP) is 2.96. The summed E-state index contributed by atoms with van der Waals surface area (Å²) < 4.78 is 0. The van der Waals surface area contributed by atoms with Gasteiger partial charge in [-0.15, -0.1) is 11.8 Å². The van der Waals surface area contributed by atoms with Crippen LogP contribution in [0.5, 0.6) is 0 Å². The van der Waals surface area contributed by atoms with Crippen molar-refractivity contribution in [3.63, 3.8) is 0 Å². The average Bonchev–Trinajstić information content (AvgIpc) is 2.83. The van der Waals surface area contributed by atoms with Crippen LogP contribution in [0.4, 0.5) is 0 Å². The number of benzene rings is 1. The van der Waals surface area contributed by atoms with Gasteiger partial charge in [-0.25, -0.2) is 4.79 Å². The Balaban J connectivity index is 2.37. The minimum atomic E-state index is -0.971. The lowest BCUT2D eigenvalue weighted by molar-refractivity contribution is -0.141. The number of carboxylic acids is 1. The molecule has 1 aromatic rings. The zero-order valence-corrected chi connectivity index (χ0v) is 12.8. The van der Waals surface area contributed by atoms with Crippen molar-refractivity contribution in [2.45, 2.75) is 25.3 Å². The standard InChI is InChI=1S/C14H16ClNO3S/c1-8(2)13-16(11(7-20-13)14(18)19)12(17)9-5-3-4-6-10(9)15/h3-6,8,11,13H,7H2,1-2H3,(H,18,19)/t11-,13+/m0/s1. The molecule has 1 saturated heterocycles. The summed E-state index contributed by atoms with van der Waals surface area (Å²) in [5.41, 5.74) is 0.355. The van der Waals surface area contributed by atoms with E-state index < -0.39 is 12.0 Å². The maximum absolute atomic E-state index is 12.7. The lowest BCUT2D eigenvalue weighted by Crippen LogP contribution is -2.47. The van der Waals surface area contributed by atoms with Crippen LogP contribution in [0.3, 0.4) is 0 Å². The Hall–Kier alpha value is -1.20. The van der Waals surface area contributed by atoms with Gasteiger partial charge < -0.3 is 10.0 Å². The molecule has 2 rings (SSSR count). The first-order valence-corrected chi connectivity index (χ1v) is 7.77. The minimum Gasteiger partial charge on any atom is -0.480 e. The molecule has 0 unspecified atom stereocenters. The second kappa shape index (κ2) is 6.06. The second-order valence-electron chi connectivity index (χ2n) is 5.01. The molecule has 0 aliphatic carbocycles. The fourth-order valence-corrected chi connectivity index (χ4v) is 3.95. The molecule has 0 spiro atoms. The SMILES string of the molecule is CC(C)[C@H]1SC[C@@H](C(=O)O)N1C(=O)c1ccccc1Cl. The molecule has 4 nitrogen and oxygen atoms in total. The van der Waals surface area contributed by atoms with Crippen LogP contribution in [0.2, 0.25) is 5.02 Å². The van der Waals surface area contributed by atoms with Crippen molar-refractivity contribution in [3.05, 3.63) is 34.9 Å². The van der Waals surface area contributed by atoms with Gasteiger partial charge in [-0.2, -0.15) is 0 Å². The average molecular weight is 314 g/mol. The molecule has 20 heavy (non-hydrogen) atoms. The fraction of sp³-hybridized carbons (Fsp3) is 0.429. The van der Waals surface area contributed by atoms with E-state index in [4.69, 9.17) is 11.6 Å².